The van der Waals surface area contributed by atoms with Crippen LogP contribution in [0, 0.1) is 15.5 Å². The summed E-state index contributed by atoms with van der Waals surface area (Å²) >= 11 is 0. The van der Waals surface area contributed by atoms with E-state index in [0.717, 1.165) is 26.1 Å². The van der Waals surface area contributed by atoms with Crippen molar-refractivity contribution in [2.24, 2.45) is 5.41 Å². The monoisotopic (exact) mass is 251 g/mol. The third kappa shape index (κ3) is 2.95. The molecule has 6 heteroatoms. The number of anilines is 1. The summed E-state index contributed by atoms with van der Waals surface area (Å²) in [5.41, 5.74) is 0.609. The molecule has 0 saturated carbocycles. The lowest BCUT2D eigenvalue weighted by Gasteiger charge is -2.33. The summed E-state index contributed by atoms with van der Waals surface area (Å²) in [6.45, 7) is 4.38. The summed E-state index contributed by atoms with van der Waals surface area (Å²) in [5, 5.41) is 14.0. The number of nitrogens with one attached hydrogen (secondary N) is 1. The minimum absolute atomic E-state index is 0.117. The first-order valence-corrected chi connectivity index (χ1v) is 6.02. The maximum atomic E-state index is 10.8. The van der Waals surface area contributed by atoms with E-state index in [1.54, 1.807) is 12.1 Å². The number of rotatable bonds is 4. The van der Waals surface area contributed by atoms with Gasteiger partial charge < -0.3 is 20.2 Å². The number of nitro groups is 1. The van der Waals surface area contributed by atoms with Gasteiger partial charge in [0.15, 0.2) is 0 Å². The summed E-state index contributed by atoms with van der Waals surface area (Å²) in [6.07, 6.45) is 3.36. The molecule has 1 fully saturated rings. The van der Waals surface area contributed by atoms with Gasteiger partial charge in [-0.25, -0.2) is 0 Å². The fraction of sp³-hybridized carbons (Fsp3) is 0.583. The molecule has 1 aromatic rings. The van der Waals surface area contributed by atoms with Gasteiger partial charge in [0.05, 0.1) is 0 Å². The molecule has 1 aromatic heterocycles. The number of pyridine rings is 1. The van der Waals surface area contributed by atoms with Crippen LogP contribution in [0.25, 0.3) is 0 Å². The Hall–Kier alpha value is -1.69. The number of nitrogens with zero attached hydrogens (tertiary/aromatic N) is 2. The maximum Gasteiger partial charge on any atom is 0.386 e. The highest BCUT2D eigenvalue weighted by Crippen LogP contribution is 2.31. The predicted molar refractivity (Wildman–Crippen MR) is 67.5 cm³/mol. The van der Waals surface area contributed by atoms with E-state index in [4.69, 9.17) is 4.74 Å². The van der Waals surface area contributed by atoms with Gasteiger partial charge in [0.1, 0.15) is 11.9 Å². The van der Waals surface area contributed by atoms with Crippen LogP contribution in [-0.4, -0.2) is 29.7 Å². The molecule has 1 aliphatic rings. The largest absolute Gasteiger partial charge is 0.386 e. The van der Waals surface area contributed by atoms with E-state index in [1.165, 1.54) is 6.20 Å². The van der Waals surface area contributed by atoms with Crippen LogP contribution in [0.2, 0.25) is 0 Å². The molecule has 0 atom stereocenters. The first kappa shape index (κ1) is 12.8. The van der Waals surface area contributed by atoms with Gasteiger partial charge in [-0.2, -0.15) is 0 Å². The molecule has 0 aromatic carbocycles. The fourth-order valence-corrected chi connectivity index (χ4v) is 2.03. The zero-order valence-corrected chi connectivity index (χ0v) is 10.4. The zero-order chi connectivity index (χ0) is 13.0. The van der Waals surface area contributed by atoms with Crippen LogP contribution in [-0.2, 0) is 4.74 Å². The van der Waals surface area contributed by atoms with Gasteiger partial charge in [0, 0.05) is 19.8 Å². The standard InChI is InChI=1S/C12H17N3O3/c1-12(4-7-18-8-5-12)9-14-10-3-2-6-13-11(10)15(16)17/h2-3,6,14H,4-5,7-9H2,1H3. The van der Waals surface area contributed by atoms with Gasteiger partial charge in [-0.3, -0.25) is 0 Å². The number of hydrogen-bond donors (Lipinski definition) is 1. The first-order chi connectivity index (χ1) is 8.61. The smallest absolute Gasteiger partial charge is 0.381 e. The van der Waals surface area contributed by atoms with Gasteiger partial charge in [-0.15, -0.1) is 0 Å². The Morgan fingerprint density at radius 1 is 1.56 bits per heavy atom. The molecule has 1 saturated heterocycles. The highest BCUT2D eigenvalue weighted by atomic mass is 16.6. The summed E-state index contributed by atoms with van der Waals surface area (Å²) in [6, 6.07) is 3.38. The molecular formula is C12H17N3O3. The lowest BCUT2D eigenvalue weighted by molar-refractivity contribution is -0.388. The molecule has 2 heterocycles. The van der Waals surface area contributed by atoms with Crippen LogP contribution < -0.4 is 5.32 Å². The normalized spacial score (nSPS) is 18.3. The van der Waals surface area contributed by atoms with Gasteiger partial charge in [0.25, 0.3) is 0 Å². The van der Waals surface area contributed by atoms with E-state index < -0.39 is 4.92 Å². The molecular weight excluding hydrogens is 234 g/mol. The SMILES string of the molecule is CC1(CNc2cccnc2[N+](=O)[O-])CCOCC1. The van der Waals surface area contributed by atoms with Crippen LogP contribution >= 0.6 is 0 Å². The maximum absolute atomic E-state index is 10.8. The quantitative estimate of drug-likeness (QED) is 0.655. The minimum atomic E-state index is -0.464. The van der Waals surface area contributed by atoms with Gasteiger partial charge in [-0.1, -0.05) is 6.92 Å². The third-order valence-corrected chi connectivity index (χ3v) is 3.37. The summed E-state index contributed by atoms with van der Waals surface area (Å²) in [7, 11) is 0. The minimum Gasteiger partial charge on any atom is -0.381 e. The Labute approximate surface area is 106 Å². The molecule has 0 radical (unpaired) electrons. The number of hydrogen-bond acceptors (Lipinski definition) is 5. The van der Waals surface area contributed by atoms with Gasteiger partial charge >= 0.3 is 5.82 Å². The van der Waals surface area contributed by atoms with E-state index in [0.29, 0.717) is 12.2 Å². The molecule has 0 unspecified atom stereocenters. The average Bonchev–Trinajstić information content (AvgIpc) is 2.38. The van der Waals surface area contributed by atoms with Gasteiger partial charge in [-0.05, 0) is 40.3 Å². The topological polar surface area (TPSA) is 77.3 Å². The summed E-state index contributed by atoms with van der Waals surface area (Å²) < 4.78 is 5.33. The van der Waals surface area contributed by atoms with E-state index in [2.05, 4.69) is 17.2 Å². The third-order valence-electron chi connectivity index (χ3n) is 3.37. The predicted octanol–water partition coefficient (Wildman–Crippen LogP) is 2.22. The Bertz CT molecular complexity index is 430. The Kier molecular flexibility index (Phi) is 3.76. The summed E-state index contributed by atoms with van der Waals surface area (Å²) in [4.78, 5) is 14.2. The van der Waals surface area contributed by atoms with E-state index >= 15 is 0 Å². The van der Waals surface area contributed by atoms with Crippen LogP contribution in [0.5, 0.6) is 0 Å². The average molecular weight is 251 g/mol. The highest BCUT2D eigenvalue weighted by molar-refractivity contribution is 5.56. The molecule has 0 amide bonds. The van der Waals surface area contributed by atoms with Crippen molar-refractivity contribution in [3.8, 4) is 0 Å². The van der Waals surface area contributed by atoms with Crippen LogP contribution in [0.1, 0.15) is 19.8 Å². The molecule has 2 rings (SSSR count). The van der Waals surface area contributed by atoms with Crippen molar-refractivity contribution < 1.29 is 9.66 Å². The van der Waals surface area contributed by atoms with Crippen molar-refractivity contribution in [3.63, 3.8) is 0 Å². The Balaban J connectivity index is 2.03. The van der Waals surface area contributed by atoms with Crippen LogP contribution in [0.15, 0.2) is 18.3 Å². The van der Waals surface area contributed by atoms with E-state index in [9.17, 15) is 10.1 Å². The van der Waals surface area contributed by atoms with Gasteiger partial charge in [0.2, 0.25) is 0 Å². The van der Waals surface area contributed by atoms with Crippen LogP contribution in [0.3, 0.4) is 0 Å². The van der Waals surface area contributed by atoms with E-state index in [-0.39, 0.29) is 11.2 Å². The van der Waals surface area contributed by atoms with Crippen molar-refractivity contribution in [3.05, 3.63) is 28.4 Å². The number of ether oxygens (including phenoxy) is 1. The second kappa shape index (κ2) is 5.30. The second-order valence-corrected chi connectivity index (χ2v) is 4.91. The zero-order valence-electron chi connectivity index (χ0n) is 10.4. The van der Waals surface area contributed by atoms with E-state index in [1.807, 2.05) is 0 Å². The molecule has 0 spiro atoms. The van der Waals surface area contributed by atoms with Crippen LogP contribution in [0.4, 0.5) is 11.5 Å². The van der Waals surface area contributed by atoms with Crippen molar-refractivity contribution in [1.29, 1.82) is 0 Å². The van der Waals surface area contributed by atoms with Crippen molar-refractivity contribution >= 4 is 11.5 Å². The van der Waals surface area contributed by atoms with Crippen molar-refractivity contribution in [1.82, 2.24) is 4.98 Å². The lowest BCUT2D eigenvalue weighted by Crippen LogP contribution is -2.33. The molecule has 6 nitrogen and oxygen atoms in total. The van der Waals surface area contributed by atoms with Crippen molar-refractivity contribution in [2.45, 2.75) is 19.8 Å². The molecule has 0 bridgehead atoms. The first-order valence-electron chi connectivity index (χ1n) is 6.02. The highest BCUT2D eigenvalue weighted by Gasteiger charge is 2.28. The fourth-order valence-electron chi connectivity index (χ4n) is 2.03. The second-order valence-electron chi connectivity index (χ2n) is 4.91. The molecule has 0 aliphatic carbocycles. The van der Waals surface area contributed by atoms with Crippen molar-refractivity contribution in [2.75, 3.05) is 25.1 Å². The molecule has 98 valence electrons. The number of aromatic nitrogens is 1. The molecule has 1 aliphatic heterocycles. The lowest BCUT2D eigenvalue weighted by atomic mass is 9.82. The summed E-state index contributed by atoms with van der Waals surface area (Å²) in [5.74, 6) is -0.117. The molecule has 1 N–H and O–H groups in total. The Morgan fingerprint density at radius 2 is 2.28 bits per heavy atom. The Morgan fingerprint density at radius 3 is 2.94 bits per heavy atom. The molecule has 18 heavy (non-hydrogen) atoms.